The number of anilines is 1. The van der Waals surface area contributed by atoms with Gasteiger partial charge in [0.05, 0.1) is 10.6 Å². The summed E-state index contributed by atoms with van der Waals surface area (Å²) in [4.78, 5) is 0.174. The van der Waals surface area contributed by atoms with Gasteiger partial charge in [0.15, 0.2) is 0 Å². The fraction of sp³-hybridized carbons (Fsp3) is 0.455. The lowest BCUT2D eigenvalue weighted by molar-refractivity contribution is 0.520. The molecule has 0 atom stereocenters. The molecule has 0 spiro atoms. The van der Waals surface area contributed by atoms with Gasteiger partial charge in [-0.1, -0.05) is 0 Å². The fourth-order valence-corrected chi connectivity index (χ4v) is 3.10. The Hall–Kier alpha value is -1.05. The normalized spacial score (nSPS) is 12.8. The number of hydrogen-bond acceptors (Lipinski definition) is 4. The van der Waals surface area contributed by atoms with E-state index in [2.05, 4.69) is 0 Å². The van der Waals surface area contributed by atoms with E-state index in [0.29, 0.717) is 11.4 Å². The molecule has 0 heterocycles. The zero-order valence-corrected chi connectivity index (χ0v) is 13.2. The molecule has 0 aliphatic heterocycles. The summed E-state index contributed by atoms with van der Waals surface area (Å²) in [7, 11) is -2.24. The minimum atomic E-state index is -3.45. The average Bonchev–Trinajstić information content (AvgIpc) is 2.18. The Balaban J connectivity index is 3.15. The molecule has 1 aromatic carbocycles. The molecule has 0 saturated heterocycles. The van der Waals surface area contributed by atoms with Crippen molar-refractivity contribution in [2.75, 3.05) is 19.8 Å². The molecule has 18 heavy (non-hydrogen) atoms. The molecule has 0 amide bonds. The first kappa shape index (κ1) is 15.0. The molecule has 2 N–H and O–H groups in total. The first-order chi connectivity index (χ1) is 8.04. The molecule has 1 rings (SSSR count). The Labute approximate surface area is 110 Å². The van der Waals surface area contributed by atoms with E-state index >= 15 is 0 Å². The highest BCUT2D eigenvalue weighted by Gasteiger charge is 2.21. The Kier molecular flexibility index (Phi) is 4.09. The van der Waals surface area contributed by atoms with E-state index in [-0.39, 0.29) is 4.90 Å². The first-order valence-corrected chi connectivity index (χ1v) is 10.4. The van der Waals surface area contributed by atoms with Crippen LogP contribution in [0, 0.1) is 0 Å². The van der Waals surface area contributed by atoms with Crippen LogP contribution in [0.25, 0.3) is 0 Å². The van der Waals surface area contributed by atoms with Gasteiger partial charge in [0, 0.05) is 14.1 Å². The summed E-state index contributed by atoms with van der Waals surface area (Å²) in [5, 5.41) is 0. The predicted octanol–water partition coefficient (Wildman–Crippen LogP) is 1.73. The van der Waals surface area contributed by atoms with Crippen molar-refractivity contribution in [3.05, 3.63) is 18.2 Å². The lowest BCUT2D eigenvalue weighted by Gasteiger charge is -2.21. The number of nitrogen functional groups attached to an aromatic ring is 1. The number of nitrogens with zero attached hydrogens (tertiary/aromatic N) is 1. The topological polar surface area (TPSA) is 72.6 Å². The summed E-state index contributed by atoms with van der Waals surface area (Å²) < 4.78 is 30.8. The molecule has 0 bridgehead atoms. The van der Waals surface area contributed by atoms with E-state index in [4.69, 9.17) is 10.2 Å². The van der Waals surface area contributed by atoms with Gasteiger partial charge in [-0.2, -0.15) is 0 Å². The van der Waals surface area contributed by atoms with E-state index in [1.165, 1.54) is 26.2 Å². The lowest BCUT2D eigenvalue weighted by Crippen LogP contribution is -2.29. The summed E-state index contributed by atoms with van der Waals surface area (Å²) >= 11 is 0. The van der Waals surface area contributed by atoms with Crippen LogP contribution in [0.15, 0.2) is 23.1 Å². The van der Waals surface area contributed by atoms with Crippen LogP contribution in [0.2, 0.25) is 19.6 Å². The molecule has 0 saturated carbocycles. The monoisotopic (exact) mass is 288 g/mol. The van der Waals surface area contributed by atoms with Gasteiger partial charge in [0.25, 0.3) is 0 Å². The fourth-order valence-electron chi connectivity index (χ4n) is 1.32. The summed E-state index contributed by atoms with van der Waals surface area (Å²) in [6.45, 7) is 6.12. The van der Waals surface area contributed by atoms with E-state index in [0.717, 1.165) is 4.31 Å². The Bertz CT molecular complexity index is 536. The van der Waals surface area contributed by atoms with Gasteiger partial charge in [-0.15, -0.1) is 0 Å². The van der Waals surface area contributed by atoms with Crippen LogP contribution in [-0.2, 0) is 10.0 Å². The lowest BCUT2D eigenvalue weighted by atomic mass is 10.3. The number of rotatable bonds is 4. The van der Waals surface area contributed by atoms with Crippen LogP contribution in [0.5, 0.6) is 5.75 Å². The maximum atomic E-state index is 11.9. The molecular weight excluding hydrogens is 268 g/mol. The van der Waals surface area contributed by atoms with Crippen molar-refractivity contribution in [1.82, 2.24) is 4.31 Å². The van der Waals surface area contributed by atoms with Crippen LogP contribution >= 0.6 is 0 Å². The maximum Gasteiger partial charge on any atom is 0.242 e. The summed E-state index contributed by atoms with van der Waals surface area (Å²) in [6, 6.07) is 4.57. The third kappa shape index (κ3) is 3.47. The largest absolute Gasteiger partial charge is 0.543 e. The van der Waals surface area contributed by atoms with Crippen molar-refractivity contribution in [2.45, 2.75) is 24.5 Å². The molecule has 0 radical (unpaired) electrons. The number of benzene rings is 1. The van der Waals surface area contributed by atoms with Gasteiger partial charge in [-0.05, 0) is 37.8 Å². The smallest absolute Gasteiger partial charge is 0.242 e. The molecule has 0 fully saturated rings. The van der Waals surface area contributed by atoms with Gasteiger partial charge in [0.2, 0.25) is 18.3 Å². The van der Waals surface area contributed by atoms with Crippen LogP contribution < -0.4 is 10.2 Å². The van der Waals surface area contributed by atoms with Crippen LogP contribution in [0.4, 0.5) is 5.69 Å². The number of hydrogen-bond donors (Lipinski definition) is 1. The molecule has 102 valence electrons. The predicted molar refractivity (Wildman–Crippen MR) is 75.7 cm³/mol. The molecule has 7 heteroatoms. The molecule has 5 nitrogen and oxygen atoms in total. The maximum absolute atomic E-state index is 11.9. The van der Waals surface area contributed by atoms with Gasteiger partial charge < -0.3 is 10.2 Å². The minimum Gasteiger partial charge on any atom is -0.543 e. The minimum absolute atomic E-state index is 0.174. The third-order valence-corrected chi connectivity index (χ3v) is 4.82. The molecule has 0 aliphatic carbocycles. The van der Waals surface area contributed by atoms with Crippen LogP contribution in [-0.4, -0.2) is 35.1 Å². The van der Waals surface area contributed by atoms with Crippen molar-refractivity contribution in [2.24, 2.45) is 0 Å². The second-order valence-corrected chi connectivity index (χ2v) is 11.8. The number of nitrogens with two attached hydrogens (primary N) is 1. The van der Waals surface area contributed by atoms with Gasteiger partial charge >= 0.3 is 0 Å². The molecule has 1 aromatic rings. The zero-order valence-electron chi connectivity index (χ0n) is 11.4. The van der Waals surface area contributed by atoms with Crippen LogP contribution in [0.1, 0.15) is 0 Å². The molecular formula is C11H20N2O3SSi. The highest BCUT2D eigenvalue weighted by molar-refractivity contribution is 7.89. The van der Waals surface area contributed by atoms with Crippen LogP contribution in [0.3, 0.4) is 0 Å². The summed E-state index contributed by atoms with van der Waals surface area (Å²) in [5.41, 5.74) is 6.19. The van der Waals surface area contributed by atoms with E-state index in [1.807, 2.05) is 19.6 Å². The second-order valence-electron chi connectivity index (χ2n) is 5.20. The quantitative estimate of drug-likeness (QED) is 0.676. The van der Waals surface area contributed by atoms with Gasteiger partial charge in [-0.25, -0.2) is 12.7 Å². The Morgan fingerprint density at radius 2 is 1.78 bits per heavy atom. The zero-order chi connectivity index (χ0) is 14.1. The van der Waals surface area contributed by atoms with Crippen molar-refractivity contribution in [1.29, 1.82) is 0 Å². The van der Waals surface area contributed by atoms with Crippen molar-refractivity contribution in [3.63, 3.8) is 0 Å². The Morgan fingerprint density at radius 1 is 1.22 bits per heavy atom. The highest BCUT2D eigenvalue weighted by atomic mass is 32.2. The SMILES string of the molecule is CN(C)S(=O)(=O)c1ccc(O[Si](C)(C)C)c(N)c1. The van der Waals surface area contributed by atoms with E-state index < -0.39 is 18.3 Å². The average molecular weight is 288 g/mol. The van der Waals surface area contributed by atoms with Gasteiger partial charge in [-0.3, -0.25) is 0 Å². The van der Waals surface area contributed by atoms with Crippen molar-refractivity contribution < 1.29 is 12.8 Å². The molecule has 0 unspecified atom stereocenters. The first-order valence-electron chi connectivity index (χ1n) is 5.55. The number of sulfonamides is 1. The molecule has 0 aromatic heterocycles. The van der Waals surface area contributed by atoms with Crippen molar-refractivity contribution >= 4 is 24.0 Å². The summed E-state index contributed by atoms with van der Waals surface area (Å²) in [5.74, 6) is 0.548. The third-order valence-electron chi connectivity index (χ3n) is 2.18. The molecule has 0 aliphatic rings. The van der Waals surface area contributed by atoms with E-state index in [9.17, 15) is 8.42 Å². The Morgan fingerprint density at radius 3 is 2.17 bits per heavy atom. The van der Waals surface area contributed by atoms with Gasteiger partial charge in [0.1, 0.15) is 5.75 Å². The summed E-state index contributed by atoms with van der Waals surface area (Å²) in [6.07, 6.45) is 0. The van der Waals surface area contributed by atoms with Crippen molar-refractivity contribution in [3.8, 4) is 5.75 Å². The standard InChI is InChI=1S/C11H20N2O3SSi/c1-13(2)17(14,15)9-6-7-11(10(12)8-9)16-18(3,4)5/h6-8H,12H2,1-5H3. The van der Waals surface area contributed by atoms with E-state index in [1.54, 1.807) is 6.07 Å². The highest BCUT2D eigenvalue weighted by Crippen LogP contribution is 2.27. The second kappa shape index (κ2) is 4.91.